The molecule has 3 aromatic heterocycles. The maximum Gasteiger partial charge on any atom is 0.259 e. The topological polar surface area (TPSA) is 81.2 Å². The molecule has 0 spiro atoms. The molecule has 0 fully saturated rings. The van der Waals surface area contributed by atoms with Crippen molar-refractivity contribution >= 4 is 135 Å². The normalized spacial score (nSPS) is 15.0. The van der Waals surface area contributed by atoms with Gasteiger partial charge >= 0.3 is 0 Å². The number of halogens is 2. The van der Waals surface area contributed by atoms with E-state index in [1.165, 1.54) is 377 Å². The molecule has 3 unspecified atom stereocenters. The Bertz CT molecular complexity index is 4440. The molecule has 11 rings (SSSR count). The van der Waals surface area contributed by atoms with Crippen LogP contribution in [0.4, 0.5) is 22.7 Å². The van der Waals surface area contributed by atoms with E-state index < -0.39 is 0 Å². The van der Waals surface area contributed by atoms with Crippen LogP contribution in [-0.4, -0.2) is 49.8 Å². The Morgan fingerprint density at radius 3 is 0.698 bits per heavy atom. The van der Waals surface area contributed by atoms with E-state index in [0.29, 0.717) is 48.5 Å². The van der Waals surface area contributed by atoms with Gasteiger partial charge in [0.05, 0.1) is 45.0 Å². The largest absolute Gasteiger partial charge is 0.308 e. The summed E-state index contributed by atoms with van der Waals surface area (Å²) in [6.07, 6.45) is 81.1. The van der Waals surface area contributed by atoms with Gasteiger partial charge in [0.1, 0.15) is 0 Å². The lowest BCUT2D eigenvalue weighted by Crippen LogP contribution is -2.30. The summed E-state index contributed by atoms with van der Waals surface area (Å²) < 4.78 is 1.88. The fourth-order valence-electron chi connectivity index (χ4n) is 21.7. The molecule has 4 aliphatic rings. The monoisotopic (exact) mass is 2080 g/mol. The number of carbonyl (C=O) groups is 4. The first-order valence-corrected chi connectivity index (χ1v) is 61.6. The fourth-order valence-corrected chi connectivity index (χ4v) is 25.0. The summed E-state index contributed by atoms with van der Waals surface area (Å²) in [7, 11) is 0. The number of fused-ring (bicyclic) bond motifs is 4. The van der Waals surface area contributed by atoms with E-state index in [-0.39, 0.29) is 31.1 Å². The molecule has 7 heterocycles. The average Bonchev–Trinajstić information content (AvgIpc) is 1.55. The number of anilines is 4. The van der Waals surface area contributed by atoms with Crippen molar-refractivity contribution in [1.82, 2.24) is 0 Å². The minimum atomic E-state index is -0.0507. The van der Waals surface area contributed by atoms with E-state index in [1.54, 1.807) is 5.56 Å². The number of hydrogen-bond donors (Lipinski definition) is 0. The zero-order chi connectivity index (χ0) is 98.3. The van der Waals surface area contributed by atoms with Crippen LogP contribution in [0.25, 0.3) is 43.2 Å². The molecule has 0 N–H and O–H groups in total. The molecule has 7 aromatic rings. The number of amides is 4. The first-order valence-electron chi connectivity index (χ1n) is 57.4. The first-order chi connectivity index (χ1) is 67.6. The third-order valence-corrected chi connectivity index (χ3v) is 33.9. The van der Waals surface area contributed by atoms with Gasteiger partial charge < -0.3 is 19.6 Å². The highest BCUT2D eigenvalue weighted by Crippen LogP contribution is 2.52. The van der Waals surface area contributed by atoms with E-state index in [1.807, 2.05) is 80.2 Å². The summed E-state index contributed by atoms with van der Waals surface area (Å²) in [5.41, 5.74) is 16.5. The summed E-state index contributed by atoms with van der Waals surface area (Å²) in [6, 6.07) is 32.7. The predicted molar refractivity (Wildman–Crippen MR) is 622 cm³/mol. The summed E-state index contributed by atoms with van der Waals surface area (Å²) in [4.78, 5) is 70.5. The van der Waals surface area contributed by atoms with E-state index in [9.17, 15) is 9.59 Å². The van der Waals surface area contributed by atoms with Gasteiger partial charge in [0.2, 0.25) is 0 Å². The Labute approximate surface area is 879 Å². The quantitative estimate of drug-likeness (QED) is 0.0281. The Kier molecular flexibility index (Phi) is 59.2. The van der Waals surface area contributed by atoms with Crippen LogP contribution in [0.3, 0.4) is 0 Å². The standard InChI is InChI=1S/C72H110N2O2S2.C32H40Br2N2O2.C21H38S.CH4/c1-7-13-19-25-29-35-41-57(39-33-23-17-11-5)49-59-51-67(77-55-59)61-43-45-63-65(53-61)73(47-37-31-27-21-15-9-3)71(75)69(63)70-64-46-44-62(54-66(64)74(72(70)76)48-38-32-28-22-16-10-4)68-52-60(56-78-68)50-58(40-34-24-18-12-6)42-36-30-26-20-14-8-2;1-3-5-7-9-11-13-19-35-27-21-23(33)15-17-25(27)29(31(35)37)30-26-18-16-24(34)22-28(26)36(32(30)38)20-14-12-10-8-6-4-2;1-4-6-8-10-11-13-15-20(14-12-9-7-5-2)17-21-16-19(3)22-18-21;/h43-46,51-58H,7-42,47-50H2,1-6H3;15-18,21-22H,3-14,19-20H2,1-2H3;16,18,20H,4-15,17H2,1-3H3;1H4/b70-69+;30-29+;;. The Morgan fingerprint density at radius 1 is 0.245 bits per heavy atom. The molecular formula is C126H192Br2N4O4S3. The van der Waals surface area contributed by atoms with Gasteiger partial charge in [-0.2, -0.15) is 0 Å². The second-order valence-corrected chi connectivity index (χ2v) is 46.6. The van der Waals surface area contributed by atoms with Crippen LogP contribution in [0.1, 0.15) is 506 Å². The van der Waals surface area contributed by atoms with E-state index in [0.717, 1.165) is 136 Å². The number of hydrogen-bond acceptors (Lipinski definition) is 7. The number of rotatable bonds is 72. The highest BCUT2D eigenvalue weighted by atomic mass is 79.9. The molecule has 0 aliphatic carbocycles. The maximum absolute atomic E-state index is 15.3. The van der Waals surface area contributed by atoms with E-state index in [4.69, 9.17) is 0 Å². The fraction of sp³-hybridized carbons (Fsp3) is 0.651. The van der Waals surface area contributed by atoms with E-state index in [2.05, 4.69) is 189 Å². The van der Waals surface area contributed by atoms with E-state index >= 15 is 9.59 Å². The van der Waals surface area contributed by atoms with Crippen molar-refractivity contribution in [3.8, 4) is 20.9 Å². The molecule has 0 saturated heterocycles. The van der Waals surface area contributed by atoms with Gasteiger partial charge in [-0.3, -0.25) is 19.2 Å². The molecule has 8 nitrogen and oxygen atoms in total. The molecular weight excluding hydrogens is 1890 g/mol. The Hall–Kier alpha value is -5.70. The highest BCUT2D eigenvalue weighted by Gasteiger charge is 2.45. The predicted octanol–water partition coefficient (Wildman–Crippen LogP) is 41.3. The van der Waals surface area contributed by atoms with Crippen LogP contribution in [0.15, 0.2) is 116 Å². The van der Waals surface area contributed by atoms with Crippen molar-refractivity contribution < 1.29 is 19.2 Å². The van der Waals surface area contributed by atoms with Crippen LogP contribution >= 0.6 is 65.9 Å². The molecule has 3 atom stereocenters. The minimum Gasteiger partial charge on any atom is -0.308 e. The number of unbranched alkanes of at least 4 members (excludes halogenated alkanes) is 44. The zero-order valence-electron chi connectivity index (χ0n) is 88.9. The first kappa shape index (κ1) is 119. The van der Waals surface area contributed by atoms with Crippen LogP contribution in [0.2, 0.25) is 0 Å². The molecule has 4 aromatic carbocycles. The van der Waals surface area contributed by atoms with Crippen LogP contribution < -0.4 is 19.6 Å². The molecule has 4 aliphatic heterocycles. The van der Waals surface area contributed by atoms with Gasteiger partial charge in [0, 0.05) is 72.0 Å². The third kappa shape index (κ3) is 39.2. The number of aryl methyl sites for hydroxylation is 1. The summed E-state index contributed by atoms with van der Waals surface area (Å²) in [5, 5.41) is 7.21. The van der Waals surface area contributed by atoms with Gasteiger partial charge in [-0.05, 0) is 168 Å². The van der Waals surface area contributed by atoms with Crippen LogP contribution in [-0.2, 0) is 38.4 Å². The van der Waals surface area contributed by atoms with Crippen molar-refractivity contribution in [1.29, 1.82) is 0 Å². The van der Waals surface area contributed by atoms with Gasteiger partial charge in [0.25, 0.3) is 23.6 Å². The van der Waals surface area contributed by atoms with Gasteiger partial charge in [-0.1, -0.05) is 504 Å². The molecule has 772 valence electrons. The Balaban J connectivity index is 0.000000317. The van der Waals surface area contributed by atoms with Gasteiger partial charge in [0.15, 0.2) is 0 Å². The summed E-state index contributed by atoms with van der Waals surface area (Å²) >= 11 is 12.8. The highest BCUT2D eigenvalue weighted by molar-refractivity contribution is 9.10. The lowest BCUT2D eigenvalue weighted by atomic mass is 9.89. The molecule has 13 heteroatoms. The second kappa shape index (κ2) is 69.4. The van der Waals surface area contributed by atoms with Crippen molar-refractivity contribution in [3.63, 3.8) is 0 Å². The average molecular weight is 2080 g/mol. The Morgan fingerprint density at radius 2 is 0.453 bits per heavy atom. The number of benzene rings is 4. The molecule has 4 amide bonds. The summed E-state index contributed by atoms with van der Waals surface area (Å²) in [5.74, 6) is 2.30. The lowest BCUT2D eigenvalue weighted by Gasteiger charge is -2.18. The molecule has 139 heavy (non-hydrogen) atoms. The van der Waals surface area contributed by atoms with Crippen molar-refractivity contribution in [2.75, 3.05) is 45.8 Å². The zero-order valence-corrected chi connectivity index (χ0v) is 94.5. The number of nitrogens with zero attached hydrogens (tertiary/aromatic N) is 4. The summed E-state index contributed by atoms with van der Waals surface area (Å²) in [6.45, 7) is 27.8. The van der Waals surface area contributed by atoms with Crippen molar-refractivity contribution in [2.24, 2.45) is 17.8 Å². The number of carbonyl (C=O) groups excluding carboxylic acids is 4. The second-order valence-electron chi connectivity index (χ2n) is 41.8. The van der Waals surface area contributed by atoms with Crippen molar-refractivity contribution in [3.05, 3.63) is 160 Å². The molecule has 0 radical (unpaired) electrons. The number of thiophene rings is 3. The SMILES string of the molecule is C.CCCCCCCCC(CCCCCC)Cc1csc(-c2ccc3c(c2)N(CCCCCCCC)C(=O)/C3=C2/C(=O)N(CCCCCCCC)c3cc(-c4cc(CC(CCCCCC)CCCCCCCC)cs4)ccc32)c1.CCCCCCCCC(CCCCCC)Cc1csc(C)c1.CCCCCCCCN1C(=O)/C(=C2/C(=O)N(CCCCCCCC)c3cc(Br)ccc32)c2ccc(Br)cc21. The minimum absolute atomic E-state index is 0. The van der Waals surface area contributed by atoms with Gasteiger partial charge in [-0.25, -0.2) is 0 Å². The molecule has 0 bridgehead atoms. The van der Waals surface area contributed by atoms with Crippen molar-refractivity contribution in [2.45, 2.75) is 488 Å². The smallest absolute Gasteiger partial charge is 0.259 e. The van der Waals surface area contributed by atoms with Crippen LogP contribution in [0, 0.1) is 24.7 Å². The maximum atomic E-state index is 15.3. The lowest BCUT2D eigenvalue weighted by molar-refractivity contribution is -0.114. The van der Waals surface area contributed by atoms with Gasteiger partial charge in [-0.15, -0.1) is 34.0 Å². The third-order valence-electron chi connectivity index (χ3n) is 30.0. The van der Waals surface area contributed by atoms with Crippen LogP contribution in [0.5, 0.6) is 0 Å². The molecule has 0 saturated carbocycles.